The van der Waals surface area contributed by atoms with Crippen molar-refractivity contribution in [1.82, 2.24) is 0 Å². The Morgan fingerprint density at radius 1 is 1.62 bits per heavy atom. The van der Waals surface area contributed by atoms with Crippen LogP contribution in [0.4, 0.5) is 0 Å². The van der Waals surface area contributed by atoms with E-state index < -0.39 is 0 Å². The number of rotatable bonds is 0. The first-order chi connectivity index (χ1) is 3.65. The molecular formula is C5H11NO2. The second-order valence-electron chi connectivity index (χ2n) is 1.28. The van der Waals surface area contributed by atoms with E-state index in [4.69, 9.17) is 5.21 Å². The summed E-state index contributed by atoms with van der Waals surface area (Å²) in [5.74, 6) is 0.167. The molecule has 0 amide bonds. The molecule has 0 bridgehead atoms. The summed E-state index contributed by atoms with van der Waals surface area (Å²) >= 11 is 0. The number of nitrogens with zero attached hydrogens (tertiary/aromatic N) is 1. The lowest BCUT2D eigenvalue weighted by Gasteiger charge is -1.56. The average Bonchev–Trinajstić information content (AvgIpc) is 1.65. The van der Waals surface area contributed by atoms with Gasteiger partial charge in [-0.25, -0.2) is 0 Å². The summed E-state index contributed by atoms with van der Waals surface area (Å²) in [6.45, 7) is 4.69. The van der Waals surface area contributed by atoms with Crippen molar-refractivity contribution in [3.63, 3.8) is 0 Å². The Bertz CT molecular complexity index is 70.5. The zero-order valence-corrected chi connectivity index (χ0v) is 5.38. The van der Waals surface area contributed by atoms with Crippen LogP contribution in [0.2, 0.25) is 0 Å². The summed E-state index contributed by atoms with van der Waals surface area (Å²) in [5.41, 5.74) is 0. The van der Waals surface area contributed by atoms with Crippen LogP contribution in [0.5, 0.6) is 0 Å². The smallest absolute Gasteiger partial charge is 0.126 e. The molecule has 0 aliphatic rings. The summed E-state index contributed by atoms with van der Waals surface area (Å²) in [4.78, 5) is 9.44. The van der Waals surface area contributed by atoms with Crippen molar-refractivity contribution >= 4 is 12.0 Å². The highest BCUT2D eigenvalue weighted by molar-refractivity contribution is 5.72. The van der Waals surface area contributed by atoms with Gasteiger partial charge in [0.15, 0.2) is 0 Å². The van der Waals surface area contributed by atoms with Crippen molar-refractivity contribution in [2.45, 2.75) is 20.8 Å². The maximum absolute atomic E-state index is 9.44. The molecule has 0 radical (unpaired) electrons. The molecule has 0 aliphatic carbocycles. The van der Waals surface area contributed by atoms with Gasteiger partial charge in [-0.3, -0.25) is 0 Å². The molecule has 0 aromatic heterocycles. The van der Waals surface area contributed by atoms with Crippen molar-refractivity contribution in [3.05, 3.63) is 0 Å². The number of carbonyl (C=O) groups excluding carboxylic acids is 1. The van der Waals surface area contributed by atoms with Crippen molar-refractivity contribution in [2.75, 3.05) is 0 Å². The zero-order chi connectivity index (χ0) is 6.99. The minimum absolute atomic E-state index is 0.167. The maximum atomic E-state index is 9.44. The SMILES string of the molecule is C/C=N/O.CC(C)=O. The van der Waals surface area contributed by atoms with Crippen LogP contribution >= 0.6 is 0 Å². The number of Topliss-reactive ketones (excluding diaryl/α,β-unsaturated/α-hetero) is 1. The van der Waals surface area contributed by atoms with Crippen molar-refractivity contribution in [3.8, 4) is 0 Å². The molecule has 8 heavy (non-hydrogen) atoms. The van der Waals surface area contributed by atoms with E-state index in [-0.39, 0.29) is 5.78 Å². The third-order valence-electron chi connectivity index (χ3n) is 0.115. The van der Waals surface area contributed by atoms with Gasteiger partial charge in [0.2, 0.25) is 0 Å². The topological polar surface area (TPSA) is 49.7 Å². The molecule has 3 heteroatoms. The monoisotopic (exact) mass is 117 g/mol. The molecule has 0 saturated carbocycles. The van der Waals surface area contributed by atoms with Crippen molar-refractivity contribution in [2.24, 2.45) is 5.16 Å². The highest BCUT2D eigenvalue weighted by Crippen LogP contribution is 1.50. The fourth-order valence-corrected chi connectivity index (χ4v) is 0. The Morgan fingerprint density at radius 2 is 1.75 bits per heavy atom. The Hall–Kier alpha value is -0.860. The highest BCUT2D eigenvalue weighted by Gasteiger charge is 1.62. The van der Waals surface area contributed by atoms with Crippen LogP contribution in [0.25, 0.3) is 0 Å². The first-order valence-corrected chi connectivity index (χ1v) is 2.24. The molecule has 0 spiro atoms. The minimum Gasteiger partial charge on any atom is -0.411 e. The number of ketones is 1. The van der Waals surface area contributed by atoms with Crippen LogP contribution in [-0.2, 0) is 4.79 Å². The molecule has 0 unspecified atom stereocenters. The lowest BCUT2D eigenvalue weighted by atomic mass is 10.6. The summed E-state index contributed by atoms with van der Waals surface area (Å²) in [6, 6.07) is 0. The van der Waals surface area contributed by atoms with Gasteiger partial charge in [-0.15, -0.1) is 5.16 Å². The van der Waals surface area contributed by atoms with E-state index in [0.29, 0.717) is 0 Å². The highest BCUT2D eigenvalue weighted by atomic mass is 16.4. The average molecular weight is 117 g/mol. The molecule has 0 aliphatic heterocycles. The van der Waals surface area contributed by atoms with Gasteiger partial charge in [0.1, 0.15) is 5.78 Å². The van der Waals surface area contributed by atoms with Gasteiger partial charge in [-0.05, 0) is 20.8 Å². The standard InChI is InChI=1S/C3H6O.C2H5NO/c1-3(2)4;1-2-3-4/h1-2H3;2,4H,1H3/b;3-2+. The maximum Gasteiger partial charge on any atom is 0.126 e. The largest absolute Gasteiger partial charge is 0.411 e. The quantitative estimate of drug-likeness (QED) is 0.293. The molecule has 0 fully saturated rings. The fourth-order valence-electron chi connectivity index (χ4n) is 0. The van der Waals surface area contributed by atoms with E-state index in [1.54, 1.807) is 6.92 Å². The molecule has 3 nitrogen and oxygen atoms in total. The van der Waals surface area contributed by atoms with Crippen molar-refractivity contribution < 1.29 is 10.0 Å². The molecular weight excluding hydrogens is 106 g/mol. The second kappa shape index (κ2) is 9.46. The lowest BCUT2D eigenvalue weighted by molar-refractivity contribution is -0.114. The van der Waals surface area contributed by atoms with Crippen molar-refractivity contribution in [1.29, 1.82) is 0 Å². The molecule has 0 saturated heterocycles. The van der Waals surface area contributed by atoms with E-state index in [1.807, 2.05) is 0 Å². The molecule has 1 N–H and O–H groups in total. The Labute approximate surface area is 49.0 Å². The second-order valence-corrected chi connectivity index (χ2v) is 1.28. The Balaban J connectivity index is 0. The molecule has 0 heterocycles. The first-order valence-electron chi connectivity index (χ1n) is 2.24. The molecule has 0 rings (SSSR count). The van der Waals surface area contributed by atoms with Gasteiger partial charge in [0, 0.05) is 6.21 Å². The fraction of sp³-hybridized carbons (Fsp3) is 0.600. The van der Waals surface area contributed by atoms with E-state index in [9.17, 15) is 4.79 Å². The summed E-state index contributed by atoms with van der Waals surface area (Å²) in [5, 5.41) is 10.1. The number of carbonyl (C=O) groups is 1. The van der Waals surface area contributed by atoms with Gasteiger partial charge in [-0.1, -0.05) is 0 Å². The van der Waals surface area contributed by atoms with E-state index >= 15 is 0 Å². The normalized spacial score (nSPS) is 7.88. The predicted molar refractivity (Wildman–Crippen MR) is 32.3 cm³/mol. The van der Waals surface area contributed by atoms with Crippen LogP contribution in [-0.4, -0.2) is 17.2 Å². The van der Waals surface area contributed by atoms with E-state index in [2.05, 4.69) is 5.16 Å². The minimum atomic E-state index is 0.167. The van der Waals surface area contributed by atoms with Gasteiger partial charge in [0.05, 0.1) is 0 Å². The third kappa shape index (κ3) is 4490. The summed E-state index contributed by atoms with van der Waals surface area (Å²) in [6.07, 6.45) is 1.31. The van der Waals surface area contributed by atoms with Gasteiger partial charge in [0.25, 0.3) is 0 Å². The summed E-state index contributed by atoms with van der Waals surface area (Å²) in [7, 11) is 0. The molecule has 0 atom stereocenters. The van der Waals surface area contributed by atoms with Crippen LogP contribution in [0.15, 0.2) is 5.16 Å². The zero-order valence-electron chi connectivity index (χ0n) is 5.38. The van der Waals surface area contributed by atoms with Crippen LogP contribution < -0.4 is 0 Å². The molecule has 0 aromatic carbocycles. The van der Waals surface area contributed by atoms with Gasteiger partial charge >= 0.3 is 0 Å². The molecule has 48 valence electrons. The van der Waals surface area contributed by atoms with Gasteiger partial charge in [-0.2, -0.15) is 0 Å². The number of hydrogen-bond acceptors (Lipinski definition) is 3. The van der Waals surface area contributed by atoms with Gasteiger partial charge < -0.3 is 10.0 Å². The predicted octanol–water partition coefficient (Wildman–Crippen LogP) is 1.06. The first kappa shape index (κ1) is 10.2. The Morgan fingerprint density at radius 3 is 1.75 bits per heavy atom. The summed E-state index contributed by atoms with van der Waals surface area (Å²) < 4.78 is 0. The lowest BCUT2D eigenvalue weighted by Crippen LogP contribution is -1.69. The Kier molecular flexibility index (Phi) is 12.1. The van der Waals surface area contributed by atoms with E-state index in [1.165, 1.54) is 20.1 Å². The number of hydrogen-bond donors (Lipinski definition) is 1. The number of oxime groups is 1. The van der Waals surface area contributed by atoms with Crippen LogP contribution in [0.3, 0.4) is 0 Å². The van der Waals surface area contributed by atoms with Crippen LogP contribution in [0, 0.1) is 0 Å². The third-order valence-corrected chi connectivity index (χ3v) is 0.115. The molecule has 0 aromatic rings. The van der Waals surface area contributed by atoms with Crippen LogP contribution in [0.1, 0.15) is 20.8 Å². The van der Waals surface area contributed by atoms with E-state index in [0.717, 1.165) is 0 Å².